The van der Waals surface area contributed by atoms with Crippen molar-refractivity contribution in [2.45, 2.75) is 19.9 Å². The van der Waals surface area contributed by atoms with E-state index >= 15 is 0 Å². The highest BCUT2D eigenvalue weighted by Gasteiger charge is 2.27. The van der Waals surface area contributed by atoms with Gasteiger partial charge in [0.05, 0.1) is 23.7 Å². The molecule has 0 bridgehead atoms. The van der Waals surface area contributed by atoms with Crippen LogP contribution in [0.5, 0.6) is 5.75 Å². The van der Waals surface area contributed by atoms with Gasteiger partial charge in [-0.15, -0.1) is 0 Å². The van der Waals surface area contributed by atoms with E-state index in [9.17, 15) is 9.59 Å². The van der Waals surface area contributed by atoms with Crippen molar-refractivity contribution in [2.75, 3.05) is 13.7 Å². The van der Waals surface area contributed by atoms with Crippen molar-refractivity contribution >= 4 is 16.8 Å². The van der Waals surface area contributed by atoms with Gasteiger partial charge in [0.15, 0.2) is 0 Å². The minimum Gasteiger partial charge on any atom is -0.497 e. The van der Waals surface area contributed by atoms with Crippen LogP contribution in [0.3, 0.4) is 0 Å². The van der Waals surface area contributed by atoms with Crippen LogP contribution in [0.2, 0.25) is 0 Å². The summed E-state index contributed by atoms with van der Waals surface area (Å²) in [5, 5.41) is 0.528. The van der Waals surface area contributed by atoms with Crippen LogP contribution in [0, 0.1) is 6.92 Å². The molecular weight excluding hydrogens is 402 g/mol. The summed E-state index contributed by atoms with van der Waals surface area (Å²) >= 11 is 0. The zero-order chi connectivity index (χ0) is 22.2. The zero-order valence-electron chi connectivity index (χ0n) is 18.0. The van der Waals surface area contributed by atoms with E-state index in [1.165, 1.54) is 0 Å². The summed E-state index contributed by atoms with van der Waals surface area (Å²) in [5.74, 6) is 1.28. The molecular formula is C26H23N3O3. The van der Waals surface area contributed by atoms with E-state index < -0.39 is 0 Å². The van der Waals surface area contributed by atoms with Crippen molar-refractivity contribution in [3.63, 3.8) is 0 Å². The van der Waals surface area contributed by atoms with E-state index in [1.807, 2.05) is 60.4 Å². The molecule has 6 heteroatoms. The third-order valence-corrected chi connectivity index (χ3v) is 5.91. The number of rotatable bonds is 5. The molecule has 1 aliphatic heterocycles. The number of carbonyl (C=O) groups excluding carboxylic acids is 1. The molecule has 5 rings (SSSR count). The number of nitrogens with zero attached hydrogens (tertiary/aromatic N) is 3. The molecule has 0 saturated heterocycles. The summed E-state index contributed by atoms with van der Waals surface area (Å²) in [7, 11) is 1.59. The molecule has 0 spiro atoms. The largest absolute Gasteiger partial charge is 0.497 e. The van der Waals surface area contributed by atoms with Gasteiger partial charge in [-0.05, 0) is 48.4 Å². The Kier molecular flexibility index (Phi) is 4.98. The Bertz CT molecular complexity index is 1410. The molecule has 1 aliphatic rings. The Morgan fingerprint density at radius 3 is 2.62 bits per heavy atom. The normalized spacial score (nSPS) is 12.9. The van der Waals surface area contributed by atoms with Gasteiger partial charge in [-0.1, -0.05) is 30.3 Å². The minimum absolute atomic E-state index is 0.0208. The lowest BCUT2D eigenvalue weighted by atomic mass is 10.1. The summed E-state index contributed by atoms with van der Waals surface area (Å²) < 4.78 is 6.98. The maximum atomic E-state index is 13.5. The van der Waals surface area contributed by atoms with Gasteiger partial charge in [-0.25, -0.2) is 4.98 Å². The van der Waals surface area contributed by atoms with Crippen molar-refractivity contribution in [2.24, 2.45) is 0 Å². The van der Waals surface area contributed by atoms with E-state index in [1.54, 1.807) is 29.9 Å². The number of hydrogen-bond acceptors (Lipinski definition) is 4. The number of fused-ring (bicyclic) bond motifs is 2. The van der Waals surface area contributed by atoms with E-state index in [0.29, 0.717) is 42.0 Å². The van der Waals surface area contributed by atoms with Gasteiger partial charge in [0, 0.05) is 31.1 Å². The third kappa shape index (κ3) is 3.43. The molecule has 3 aromatic carbocycles. The van der Waals surface area contributed by atoms with Crippen LogP contribution in [-0.2, 0) is 13.0 Å². The predicted molar refractivity (Wildman–Crippen MR) is 124 cm³/mol. The van der Waals surface area contributed by atoms with Gasteiger partial charge in [0.1, 0.15) is 11.6 Å². The molecule has 1 aromatic heterocycles. The van der Waals surface area contributed by atoms with Crippen LogP contribution in [0.15, 0.2) is 71.5 Å². The Morgan fingerprint density at radius 2 is 1.84 bits per heavy atom. The first-order valence-electron chi connectivity index (χ1n) is 10.6. The van der Waals surface area contributed by atoms with Crippen LogP contribution in [-0.4, -0.2) is 34.0 Å². The van der Waals surface area contributed by atoms with Crippen LogP contribution in [0.4, 0.5) is 0 Å². The number of aromatic nitrogens is 2. The van der Waals surface area contributed by atoms with E-state index in [2.05, 4.69) is 0 Å². The van der Waals surface area contributed by atoms with Crippen LogP contribution < -0.4 is 10.3 Å². The van der Waals surface area contributed by atoms with Crippen molar-refractivity contribution in [3.05, 3.63) is 99.6 Å². The molecule has 0 N–H and O–H groups in total. The summed E-state index contributed by atoms with van der Waals surface area (Å²) in [6.07, 6.45) is 0.454. The van der Waals surface area contributed by atoms with Crippen LogP contribution in [0.1, 0.15) is 27.3 Å². The Labute approximate surface area is 185 Å². The Hall–Kier alpha value is -3.93. The molecule has 160 valence electrons. The van der Waals surface area contributed by atoms with Crippen molar-refractivity contribution in [1.82, 2.24) is 14.5 Å². The molecule has 4 aromatic rings. The summed E-state index contributed by atoms with van der Waals surface area (Å²) in [6, 6.07) is 20.8. The maximum Gasteiger partial charge on any atom is 0.265 e. The number of hydrogen-bond donors (Lipinski definition) is 0. The van der Waals surface area contributed by atoms with Crippen molar-refractivity contribution in [1.29, 1.82) is 0 Å². The van der Waals surface area contributed by atoms with Crippen molar-refractivity contribution in [3.8, 4) is 11.4 Å². The smallest absolute Gasteiger partial charge is 0.265 e. The van der Waals surface area contributed by atoms with E-state index in [-0.39, 0.29) is 11.5 Å². The van der Waals surface area contributed by atoms with Gasteiger partial charge >= 0.3 is 0 Å². The fraction of sp³-hybridized carbons (Fsp3) is 0.192. The van der Waals surface area contributed by atoms with Crippen LogP contribution in [0.25, 0.3) is 16.6 Å². The number of benzene rings is 3. The molecule has 0 unspecified atom stereocenters. The van der Waals surface area contributed by atoms with E-state index in [4.69, 9.17) is 9.72 Å². The lowest BCUT2D eigenvalue weighted by Gasteiger charge is -2.18. The lowest BCUT2D eigenvalue weighted by Crippen LogP contribution is -2.30. The highest BCUT2D eigenvalue weighted by atomic mass is 16.5. The molecule has 32 heavy (non-hydrogen) atoms. The van der Waals surface area contributed by atoms with Gasteiger partial charge < -0.3 is 9.64 Å². The fourth-order valence-electron chi connectivity index (χ4n) is 4.27. The van der Waals surface area contributed by atoms with Crippen molar-refractivity contribution < 1.29 is 9.53 Å². The van der Waals surface area contributed by atoms with Gasteiger partial charge in [-0.2, -0.15) is 0 Å². The van der Waals surface area contributed by atoms with Gasteiger partial charge in [-0.3, -0.25) is 14.2 Å². The number of amides is 1. The second-order valence-electron chi connectivity index (χ2n) is 8.02. The number of aryl methyl sites for hydroxylation is 1. The molecule has 1 amide bonds. The second kappa shape index (κ2) is 7.96. The topological polar surface area (TPSA) is 64.4 Å². The number of ether oxygens (including phenoxy) is 1. The first kappa shape index (κ1) is 20.0. The molecule has 0 atom stereocenters. The standard InChI is InChI=1S/C26H23N3O3/c1-17-6-5-8-19(14-17)29-24(27-23-15-20(32-2)10-11-22(23)26(29)31)12-13-28-16-18-7-3-4-9-21(18)25(28)30/h3-11,14-15H,12-13,16H2,1-2H3. The fourth-order valence-corrected chi connectivity index (χ4v) is 4.27. The SMILES string of the molecule is COc1ccc2c(=O)n(-c3cccc(C)c3)c(CCN3Cc4ccccc4C3=O)nc2c1. The average Bonchev–Trinajstić information content (AvgIpc) is 3.13. The molecule has 0 radical (unpaired) electrons. The molecule has 0 fully saturated rings. The summed E-state index contributed by atoms with van der Waals surface area (Å²) in [5.41, 5.74) is 4.06. The number of carbonyl (C=O) groups is 1. The predicted octanol–water partition coefficient (Wildman–Crippen LogP) is 3.90. The molecule has 2 heterocycles. The Balaban J connectivity index is 1.57. The summed E-state index contributed by atoms with van der Waals surface area (Å²) in [4.78, 5) is 32.9. The Morgan fingerprint density at radius 1 is 1.00 bits per heavy atom. The first-order valence-corrected chi connectivity index (χ1v) is 10.6. The highest BCUT2D eigenvalue weighted by Crippen LogP contribution is 2.23. The third-order valence-electron chi connectivity index (χ3n) is 5.91. The quantitative estimate of drug-likeness (QED) is 0.487. The summed E-state index contributed by atoms with van der Waals surface area (Å²) in [6.45, 7) is 3.04. The maximum absolute atomic E-state index is 13.5. The second-order valence-corrected chi connectivity index (χ2v) is 8.02. The molecule has 0 aliphatic carbocycles. The number of methoxy groups -OCH3 is 1. The lowest BCUT2D eigenvalue weighted by molar-refractivity contribution is 0.0779. The molecule has 0 saturated carbocycles. The first-order chi connectivity index (χ1) is 15.5. The van der Waals surface area contributed by atoms with Gasteiger partial charge in [0.25, 0.3) is 11.5 Å². The van der Waals surface area contributed by atoms with Gasteiger partial charge in [0.2, 0.25) is 0 Å². The zero-order valence-corrected chi connectivity index (χ0v) is 18.0. The van der Waals surface area contributed by atoms with Crippen LogP contribution >= 0.6 is 0 Å². The average molecular weight is 425 g/mol. The monoisotopic (exact) mass is 425 g/mol. The minimum atomic E-state index is -0.130. The molecule has 6 nitrogen and oxygen atoms in total. The highest BCUT2D eigenvalue weighted by molar-refractivity contribution is 5.98. The van der Waals surface area contributed by atoms with E-state index in [0.717, 1.165) is 22.4 Å².